The molecule has 0 aliphatic heterocycles. The normalized spacial score (nSPS) is 13.3. The van der Waals surface area contributed by atoms with Gasteiger partial charge in [-0.25, -0.2) is 4.79 Å². The number of rotatable bonds is 6. The molecule has 6 heteroatoms. The molecule has 0 saturated carbocycles. The highest BCUT2D eigenvalue weighted by atomic mass is 32.1. The van der Waals surface area contributed by atoms with Crippen LogP contribution in [-0.2, 0) is 14.3 Å². The fraction of sp³-hybridized carbons (Fsp3) is 0.400. The molecule has 0 spiro atoms. The van der Waals surface area contributed by atoms with Gasteiger partial charge in [0.15, 0.2) is 0 Å². The van der Waals surface area contributed by atoms with E-state index >= 15 is 0 Å². The summed E-state index contributed by atoms with van der Waals surface area (Å²) in [5.41, 5.74) is 6.37. The Bertz CT molecular complexity index is 517. The molecule has 0 saturated heterocycles. The summed E-state index contributed by atoms with van der Waals surface area (Å²) in [5.74, 6) is -1.78. The maximum atomic E-state index is 12.4. The Kier molecular flexibility index (Phi) is 6.30. The van der Waals surface area contributed by atoms with Crippen molar-refractivity contribution in [3.8, 4) is 0 Å². The van der Waals surface area contributed by atoms with Crippen molar-refractivity contribution >= 4 is 29.1 Å². The molecule has 21 heavy (non-hydrogen) atoms. The molecule has 3 N–H and O–H groups in total. The number of nitrogens with one attached hydrogen (secondary N) is 1. The second kappa shape index (κ2) is 7.73. The number of thiocarbonyl (C=S) groups is 1. The minimum Gasteiger partial charge on any atom is -0.467 e. The maximum absolute atomic E-state index is 12.4. The molecule has 1 amide bonds. The molecule has 1 rings (SSSR count). The maximum Gasteiger partial charge on any atom is 0.328 e. The van der Waals surface area contributed by atoms with Gasteiger partial charge in [-0.15, -0.1) is 0 Å². The summed E-state index contributed by atoms with van der Waals surface area (Å²) in [6.45, 7) is 3.64. The summed E-state index contributed by atoms with van der Waals surface area (Å²) in [6, 6.07) is 8.24. The van der Waals surface area contributed by atoms with E-state index in [1.807, 2.05) is 19.9 Å². The summed E-state index contributed by atoms with van der Waals surface area (Å²) in [4.78, 5) is 24.2. The van der Waals surface area contributed by atoms with Crippen LogP contribution in [-0.4, -0.2) is 30.0 Å². The number of hydrogen-bond donors (Lipinski definition) is 2. The van der Waals surface area contributed by atoms with Crippen LogP contribution >= 0.6 is 12.2 Å². The smallest absolute Gasteiger partial charge is 0.328 e. The fourth-order valence-corrected chi connectivity index (χ4v) is 2.19. The first-order valence-electron chi connectivity index (χ1n) is 6.61. The zero-order valence-electron chi connectivity index (χ0n) is 12.3. The second-order valence-electron chi connectivity index (χ2n) is 5.00. The van der Waals surface area contributed by atoms with Gasteiger partial charge in [0.05, 0.1) is 12.1 Å². The van der Waals surface area contributed by atoms with Crippen LogP contribution in [0.5, 0.6) is 0 Å². The first kappa shape index (κ1) is 17.1. The van der Waals surface area contributed by atoms with Gasteiger partial charge in [0.1, 0.15) is 12.0 Å². The number of nitrogens with two attached hydrogens (primary N) is 1. The molecular formula is C15H20N2O3S. The molecule has 0 aromatic heterocycles. The van der Waals surface area contributed by atoms with Gasteiger partial charge in [-0.2, -0.15) is 0 Å². The second-order valence-corrected chi connectivity index (χ2v) is 5.47. The lowest BCUT2D eigenvalue weighted by atomic mass is 9.96. The van der Waals surface area contributed by atoms with Gasteiger partial charge in [0.2, 0.25) is 5.91 Å². The van der Waals surface area contributed by atoms with Gasteiger partial charge >= 0.3 is 5.97 Å². The van der Waals surface area contributed by atoms with E-state index in [-0.39, 0.29) is 10.9 Å². The molecule has 0 aliphatic rings. The van der Waals surface area contributed by atoms with Crippen molar-refractivity contribution in [1.29, 1.82) is 0 Å². The molecule has 114 valence electrons. The van der Waals surface area contributed by atoms with Gasteiger partial charge in [0.25, 0.3) is 0 Å². The predicted molar refractivity (Wildman–Crippen MR) is 84.8 cm³/mol. The van der Waals surface area contributed by atoms with Gasteiger partial charge in [-0.3, -0.25) is 4.79 Å². The Labute approximate surface area is 129 Å². The zero-order chi connectivity index (χ0) is 16.0. The number of carbonyl (C=O) groups is 2. The summed E-state index contributed by atoms with van der Waals surface area (Å²) in [5, 5.41) is 2.67. The Morgan fingerprint density at radius 1 is 1.24 bits per heavy atom. The number of ether oxygens (including phenoxy) is 1. The molecule has 1 aromatic rings. The van der Waals surface area contributed by atoms with Gasteiger partial charge in [0, 0.05) is 0 Å². The summed E-state index contributed by atoms with van der Waals surface area (Å²) in [7, 11) is 1.28. The van der Waals surface area contributed by atoms with Crippen molar-refractivity contribution in [1.82, 2.24) is 5.32 Å². The lowest BCUT2D eigenvalue weighted by Gasteiger charge is -2.23. The van der Waals surface area contributed by atoms with Crippen LogP contribution in [0, 0.1) is 5.92 Å². The molecule has 2 unspecified atom stereocenters. The number of methoxy groups -OCH3 is 1. The van der Waals surface area contributed by atoms with Gasteiger partial charge in [-0.05, 0) is 11.5 Å². The summed E-state index contributed by atoms with van der Waals surface area (Å²) in [6.07, 6.45) is 0. The highest BCUT2D eigenvalue weighted by molar-refractivity contribution is 7.80. The van der Waals surface area contributed by atoms with Crippen molar-refractivity contribution in [3.05, 3.63) is 35.9 Å². The highest BCUT2D eigenvalue weighted by Crippen LogP contribution is 2.17. The number of carbonyl (C=O) groups excluding carboxylic acids is 2. The van der Waals surface area contributed by atoms with Gasteiger partial charge < -0.3 is 15.8 Å². The van der Waals surface area contributed by atoms with E-state index in [4.69, 9.17) is 22.7 Å². The number of hydrogen-bond acceptors (Lipinski definition) is 4. The largest absolute Gasteiger partial charge is 0.467 e. The van der Waals surface area contributed by atoms with E-state index in [1.54, 1.807) is 24.3 Å². The standard InChI is InChI=1S/C15H20N2O3S/c1-9(2)12(15(19)20-3)17-14(18)11(13(16)21)10-7-5-4-6-8-10/h4-9,11-12H,1-3H3,(H2,16,21)(H,17,18). The molecule has 0 fully saturated rings. The molecule has 1 aromatic carbocycles. The first-order chi connectivity index (χ1) is 9.88. The molecule has 0 radical (unpaired) electrons. The average Bonchev–Trinajstić information content (AvgIpc) is 2.44. The van der Waals surface area contributed by atoms with E-state index in [0.29, 0.717) is 5.56 Å². The topological polar surface area (TPSA) is 81.4 Å². The van der Waals surface area contributed by atoms with Crippen LogP contribution in [0.15, 0.2) is 30.3 Å². The Balaban J connectivity index is 2.97. The molecule has 2 atom stereocenters. The van der Waals surface area contributed by atoms with Crippen LogP contribution in [0.25, 0.3) is 0 Å². The van der Waals surface area contributed by atoms with E-state index in [1.165, 1.54) is 7.11 Å². The van der Waals surface area contributed by atoms with E-state index in [2.05, 4.69) is 5.32 Å². The zero-order valence-corrected chi connectivity index (χ0v) is 13.1. The van der Waals surface area contributed by atoms with E-state index in [9.17, 15) is 9.59 Å². The lowest BCUT2D eigenvalue weighted by molar-refractivity contribution is -0.146. The molecule has 5 nitrogen and oxygen atoms in total. The molecule has 0 heterocycles. The van der Waals surface area contributed by atoms with Crippen LogP contribution in [0.2, 0.25) is 0 Å². The van der Waals surface area contributed by atoms with Crippen molar-refractivity contribution < 1.29 is 14.3 Å². The molecular weight excluding hydrogens is 288 g/mol. The van der Waals surface area contributed by atoms with Crippen LogP contribution < -0.4 is 11.1 Å². The third-order valence-corrected chi connectivity index (χ3v) is 3.33. The van der Waals surface area contributed by atoms with Crippen LogP contribution in [0.1, 0.15) is 25.3 Å². The summed E-state index contributed by atoms with van der Waals surface area (Å²) >= 11 is 4.99. The van der Waals surface area contributed by atoms with Crippen LogP contribution in [0.4, 0.5) is 0 Å². The first-order valence-corrected chi connectivity index (χ1v) is 7.01. The fourth-order valence-electron chi connectivity index (χ4n) is 1.95. The van der Waals surface area contributed by atoms with Crippen molar-refractivity contribution in [3.63, 3.8) is 0 Å². The molecule has 0 bridgehead atoms. The molecule has 0 aliphatic carbocycles. The third kappa shape index (κ3) is 4.53. The van der Waals surface area contributed by atoms with Crippen molar-refractivity contribution in [2.24, 2.45) is 11.7 Å². The van der Waals surface area contributed by atoms with E-state index < -0.39 is 23.8 Å². The minimum atomic E-state index is -0.771. The predicted octanol–water partition coefficient (Wildman–Crippen LogP) is 1.37. The van der Waals surface area contributed by atoms with E-state index in [0.717, 1.165) is 0 Å². The minimum absolute atomic E-state index is 0.0612. The van der Waals surface area contributed by atoms with Gasteiger partial charge in [-0.1, -0.05) is 56.4 Å². The number of amides is 1. The summed E-state index contributed by atoms with van der Waals surface area (Å²) < 4.78 is 4.70. The van der Waals surface area contributed by atoms with Crippen molar-refractivity contribution in [2.45, 2.75) is 25.8 Å². The van der Waals surface area contributed by atoms with Crippen molar-refractivity contribution in [2.75, 3.05) is 7.11 Å². The highest BCUT2D eigenvalue weighted by Gasteiger charge is 2.30. The SMILES string of the molecule is COC(=O)C(NC(=O)C(C(N)=S)c1ccccc1)C(C)C. The Hall–Kier alpha value is -1.95. The van der Waals surface area contributed by atoms with Crippen LogP contribution in [0.3, 0.4) is 0 Å². The average molecular weight is 308 g/mol. The Morgan fingerprint density at radius 2 is 1.81 bits per heavy atom. The quantitative estimate of drug-likeness (QED) is 0.613. The lowest BCUT2D eigenvalue weighted by Crippen LogP contribution is -2.48. The number of benzene rings is 1. The Morgan fingerprint density at radius 3 is 2.24 bits per heavy atom. The third-order valence-electron chi connectivity index (χ3n) is 3.10. The monoisotopic (exact) mass is 308 g/mol. The number of esters is 1.